The molecule has 1 atom stereocenters. The van der Waals surface area contributed by atoms with Gasteiger partial charge in [-0.3, -0.25) is 9.78 Å². The summed E-state index contributed by atoms with van der Waals surface area (Å²) in [6.07, 6.45) is 4.90. The van der Waals surface area contributed by atoms with E-state index in [1.54, 1.807) is 19.3 Å². The molecule has 1 aromatic heterocycles. The molecule has 21 heavy (non-hydrogen) atoms. The number of nitrogens with one attached hydrogen (secondary N) is 2. The van der Waals surface area contributed by atoms with Crippen molar-refractivity contribution in [3.63, 3.8) is 0 Å². The second-order valence-corrected chi connectivity index (χ2v) is 5.36. The Morgan fingerprint density at radius 1 is 1.24 bits per heavy atom. The summed E-state index contributed by atoms with van der Waals surface area (Å²) in [5.41, 5.74) is 4.27. The van der Waals surface area contributed by atoms with E-state index in [-0.39, 0.29) is 5.91 Å². The first-order valence-electron chi connectivity index (χ1n) is 7.27. The number of rotatable bonds is 3. The van der Waals surface area contributed by atoms with Gasteiger partial charge in [-0.1, -0.05) is 24.3 Å². The SMILES string of the molecule is CNC(=O)c1cc(NC2CCc3ccccc3C2)ccn1. The Hall–Kier alpha value is -2.36. The number of nitrogens with zero attached hydrogens (tertiary/aromatic N) is 1. The lowest BCUT2D eigenvalue weighted by Gasteiger charge is -2.26. The van der Waals surface area contributed by atoms with Crippen LogP contribution in [0.5, 0.6) is 0 Å². The van der Waals surface area contributed by atoms with Crippen LogP contribution in [-0.2, 0) is 12.8 Å². The first kappa shape index (κ1) is 13.6. The molecule has 1 heterocycles. The van der Waals surface area contributed by atoms with Crippen molar-refractivity contribution in [3.05, 3.63) is 59.4 Å². The highest BCUT2D eigenvalue weighted by molar-refractivity contribution is 5.92. The van der Waals surface area contributed by atoms with Gasteiger partial charge >= 0.3 is 0 Å². The number of hydrogen-bond donors (Lipinski definition) is 2. The summed E-state index contributed by atoms with van der Waals surface area (Å²) >= 11 is 0. The van der Waals surface area contributed by atoms with Gasteiger partial charge in [-0.2, -0.15) is 0 Å². The van der Waals surface area contributed by atoms with Crippen LogP contribution < -0.4 is 10.6 Å². The molecule has 108 valence electrons. The summed E-state index contributed by atoms with van der Waals surface area (Å²) in [5.74, 6) is -0.160. The van der Waals surface area contributed by atoms with E-state index in [2.05, 4.69) is 39.9 Å². The fourth-order valence-electron chi connectivity index (χ4n) is 2.83. The average Bonchev–Trinajstić information content (AvgIpc) is 2.54. The zero-order valence-electron chi connectivity index (χ0n) is 12.1. The van der Waals surface area contributed by atoms with Crippen LogP contribution in [0.2, 0.25) is 0 Å². The van der Waals surface area contributed by atoms with Gasteiger partial charge in [0.1, 0.15) is 5.69 Å². The highest BCUT2D eigenvalue weighted by Gasteiger charge is 2.18. The van der Waals surface area contributed by atoms with Gasteiger partial charge in [0.05, 0.1) is 0 Å². The highest BCUT2D eigenvalue weighted by Crippen LogP contribution is 2.23. The second-order valence-electron chi connectivity index (χ2n) is 5.36. The maximum atomic E-state index is 11.6. The van der Waals surface area contributed by atoms with E-state index in [0.29, 0.717) is 11.7 Å². The normalized spacial score (nSPS) is 16.9. The maximum Gasteiger partial charge on any atom is 0.269 e. The molecular weight excluding hydrogens is 262 g/mol. The molecule has 1 aromatic carbocycles. The zero-order chi connectivity index (χ0) is 14.7. The van der Waals surface area contributed by atoms with E-state index in [1.165, 1.54) is 11.1 Å². The van der Waals surface area contributed by atoms with Gasteiger partial charge in [-0.15, -0.1) is 0 Å². The van der Waals surface area contributed by atoms with Crippen LogP contribution in [0.4, 0.5) is 5.69 Å². The molecule has 0 saturated carbocycles. The van der Waals surface area contributed by atoms with Crippen LogP contribution in [0.3, 0.4) is 0 Å². The second kappa shape index (κ2) is 5.95. The molecule has 3 rings (SSSR count). The van der Waals surface area contributed by atoms with Crippen LogP contribution in [0.15, 0.2) is 42.6 Å². The van der Waals surface area contributed by atoms with Crippen LogP contribution in [0.1, 0.15) is 28.0 Å². The predicted molar refractivity (Wildman–Crippen MR) is 83.5 cm³/mol. The number of carbonyl (C=O) groups excluding carboxylic acids is 1. The third-order valence-corrected chi connectivity index (χ3v) is 3.94. The molecular formula is C17H19N3O. The third-order valence-electron chi connectivity index (χ3n) is 3.94. The van der Waals surface area contributed by atoms with Crippen LogP contribution >= 0.6 is 0 Å². The van der Waals surface area contributed by atoms with E-state index in [0.717, 1.165) is 24.9 Å². The Kier molecular flexibility index (Phi) is 3.86. The summed E-state index contributed by atoms with van der Waals surface area (Å²) in [7, 11) is 1.61. The Morgan fingerprint density at radius 3 is 2.86 bits per heavy atom. The van der Waals surface area contributed by atoms with Gasteiger partial charge in [0, 0.05) is 25.0 Å². The monoisotopic (exact) mass is 281 g/mol. The number of aromatic nitrogens is 1. The van der Waals surface area contributed by atoms with Crippen LogP contribution in [0.25, 0.3) is 0 Å². The number of pyridine rings is 1. The van der Waals surface area contributed by atoms with Crippen molar-refractivity contribution in [3.8, 4) is 0 Å². The summed E-state index contributed by atoms with van der Waals surface area (Å²) in [6.45, 7) is 0. The molecule has 0 bridgehead atoms. The van der Waals surface area contributed by atoms with Gasteiger partial charge < -0.3 is 10.6 Å². The van der Waals surface area contributed by atoms with Crippen molar-refractivity contribution >= 4 is 11.6 Å². The molecule has 2 aromatic rings. The minimum Gasteiger partial charge on any atom is -0.382 e. The standard InChI is InChI=1S/C17H19N3O/c1-18-17(21)16-11-15(8-9-19-16)20-14-7-6-12-4-2-3-5-13(12)10-14/h2-5,8-9,11,14H,6-7,10H2,1H3,(H,18,21)(H,19,20). The van der Waals surface area contributed by atoms with Crippen molar-refractivity contribution in [2.24, 2.45) is 0 Å². The van der Waals surface area contributed by atoms with Crippen molar-refractivity contribution < 1.29 is 4.79 Å². The van der Waals surface area contributed by atoms with E-state index in [9.17, 15) is 4.79 Å². The number of anilines is 1. The number of carbonyl (C=O) groups is 1. The van der Waals surface area contributed by atoms with Gasteiger partial charge in [-0.25, -0.2) is 0 Å². The number of benzene rings is 1. The molecule has 1 aliphatic carbocycles. The molecule has 1 amide bonds. The lowest BCUT2D eigenvalue weighted by atomic mass is 9.88. The molecule has 0 aliphatic heterocycles. The molecule has 0 fully saturated rings. The highest BCUT2D eigenvalue weighted by atomic mass is 16.1. The summed E-state index contributed by atoms with van der Waals surface area (Å²) in [5, 5.41) is 6.12. The fourth-order valence-corrected chi connectivity index (χ4v) is 2.83. The van der Waals surface area contributed by atoms with Crippen molar-refractivity contribution in [2.75, 3.05) is 12.4 Å². The Morgan fingerprint density at radius 2 is 2.05 bits per heavy atom. The molecule has 4 nitrogen and oxygen atoms in total. The van der Waals surface area contributed by atoms with Gasteiger partial charge in [-0.05, 0) is 42.5 Å². The summed E-state index contributed by atoms with van der Waals surface area (Å²) < 4.78 is 0. The molecule has 1 aliphatic rings. The summed E-state index contributed by atoms with van der Waals surface area (Å²) in [6, 6.07) is 12.7. The smallest absolute Gasteiger partial charge is 0.269 e. The largest absolute Gasteiger partial charge is 0.382 e. The average molecular weight is 281 g/mol. The number of aryl methyl sites for hydroxylation is 1. The quantitative estimate of drug-likeness (QED) is 0.908. The van der Waals surface area contributed by atoms with Crippen molar-refractivity contribution in [1.29, 1.82) is 0 Å². The number of amides is 1. The predicted octanol–water partition coefficient (Wildman–Crippen LogP) is 2.41. The number of fused-ring (bicyclic) bond motifs is 1. The molecule has 0 radical (unpaired) electrons. The van der Waals surface area contributed by atoms with Crippen LogP contribution in [0, 0.1) is 0 Å². The van der Waals surface area contributed by atoms with E-state index in [1.807, 2.05) is 6.07 Å². The lowest BCUT2D eigenvalue weighted by molar-refractivity contribution is 0.0958. The third kappa shape index (κ3) is 3.05. The van der Waals surface area contributed by atoms with Gasteiger partial charge in [0.15, 0.2) is 0 Å². The Labute approximate surface area is 124 Å². The first-order valence-corrected chi connectivity index (χ1v) is 7.27. The maximum absolute atomic E-state index is 11.6. The van der Waals surface area contributed by atoms with Gasteiger partial charge in [0.25, 0.3) is 5.91 Å². The fraction of sp³-hybridized carbons (Fsp3) is 0.294. The summed E-state index contributed by atoms with van der Waals surface area (Å²) in [4.78, 5) is 15.7. The lowest BCUT2D eigenvalue weighted by Crippen LogP contribution is -2.27. The van der Waals surface area contributed by atoms with E-state index < -0.39 is 0 Å². The Bertz CT molecular complexity index is 654. The van der Waals surface area contributed by atoms with Crippen LogP contribution in [-0.4, -0.2) is 24.0 Å². The number of hydrogen-bond acceptors (Lipinski definition) is 3. The molecule has 2 N–H and O–H groups in total. The van der Waals surface area contributed by atoms with Crippen molar-refractivity contribution in [1.82, 2.24) is 10.3 Å². The minimum atomic E-state index is -0.160. The van der Waals surface area contributed by atoms with E-state index >= 15 is 0 Å². The molecule has 4 heteroatoms. The van der Waals surface area contributed by atoms with E-state index in [4.69, 9.17) is 0 Å². The Balaban J connectivity index is 1.72. The minimum absolute atomic E-state index is 0.160. The van der Waals surface area contributed by atoms with Crippen molar-refractivity contribution in [2.45, 2.75) is 25.3 Å². The van der Waals surface area contributed by atoms with Gasteiger partial charge in [0.2, 0.25) is 0 Å². The molecule has 1 unspecified atom stereocenters. The molecule has 0 saturated heterocycles. The zero-order valence-corrected chi connectivity index (χ0v) is 12.1. The molecule has 0 spiro atoms. The first-order chi connectivity index (χ1) is 10.3. The topological polar surface area (TPSA) is 54.0 Å².